The van der Waals surface area contributed by atoms with Crippen molar-refractivity contribution < 1.29 is 0 Å². The molecule has 0 bridgehead atoms. The first kappa shape index (κ1) is 16.8. The van der Waals surface area contributed by atoms with E-state index in [1.165, 1.54) is 10.5 Å². The minimum absolute atomic E-state index is 0.0282. The quantitative estimate of drug-likeness (QED) is 0.661. The van der Waals surface area contributed by atoms with Gasteiger partial charge in [-0.2, -0.15) is 5.10 Å². The van der Waals surface area contributed by atoms with Crippen LogP contribution in [0.1, 0.15) is 32.0 Å². The van der Waals surface area contributed by atoms with Crippen LogP contribution in [-0.4, -0.2) is 16.0 Å². The van der Waals surface area contributed by atoms with Gasteiger partial charge in [-0.25, -0.2) is 4.68 Å². The first-order chi connectivity index (χ1) is 11.4. The van der Waals surface area contributed by atoms with E-state index < -0.39 is 0 Å². The highest BCUT2D eigenvalue weighted by atomic mass is 32.2. The molecule has 0 fully saturated rings. The smallest absolute Gasteiger partial charge is 0.267 e. The van der Waals surface area contributed by atoms with Crippen molar-refractivity contribution in [2.45, 2.75) is 37.6 Å². The Morgan fingerprint density at radius 1 is 1.00 bits per heavy atom. The van der Waals surface area contributed by atoms with Gasteiger partial charge < -0.3 is 0 Å². The molecule has 0 amide bonds. The Hall–Kier alpha value is -2.07. The summed E-state index contributed by atoms with van der Waals surface area (Å²) in [4.78, 5) is 14.0. The molecule has 1 heterocycles. The lowest BCUT2D eigenvalue weighted by atomic mass is 10.0. The number of thioether (sulfide) groups is 1. The van der Waals surface area contributed by atoms with Gasteiger partial charge in [0.15, 0.2) is 0 Å². The van der Waals surface area contributed by atoms with Crippen molar-refractivity contribution in [2.75, 3.05) is 6.26 Å². The second-order valence-corrected chi connectivity index (χ2v) is 7.78. The number of rotatable bonds is 3. The summed E-state index contributed by atoms with van der Waals surface area (Å²) in [6.45, 7) is 6.02. The van der Waals surface area contributed by atoms with Crippen LogP contribution < -0.4 is 5.56 Å². The van der Waals surface area contributed by atoms with E-state index in [1.54, 1.807) is 16.4 Å². The molecule has 1 aromatic heterocycles. The fraction of sp³-hybridized carbons (Fsp3) is 0.300. The number of benzene rings is 2. The predicted octanol–water partition coefficient (Wildman–Crippen LogP) is 4.46. The topological polar surface area (TPSA) is 34.9 Å². The molecule has 0 saturated heterocycles. The predicted molar refractivity (Wildman–Crippen MR) is 102 cm³/mol. The Kier molecular flexibility index (Phi) is 4.50. The van der Waals surface area contributed by atoms with Crippen molar-refractivity contribution in [2.24, 2.45) is 0 Å². The largest absolute Gasteiger partial charge is 0.275 e. The first-order valence-corrected chi connectivity index (χ1v) is 9.27. The number of hydrogen-bond donors (Lipinski definition) is 0. The van der Waals surface area contributed by atoms with Crippen LogP contribution >= 0.6 is 11.8 Å². The van der Waals surface area contributed by atoms with E-state index in [9.17, 15) is 4.79 Å². The molecule has 24 heavy (non-hydrogen) atoms. The van der Waals surface area contributed by atoms with Crippen molar-refractivity contribution in [3.8, 4) is 0 Å². The molecule has 0 saturated carbocycles. The van der Waals surface area contributed by atoms with E-state index in [2.05, 4.69) is 30.5 Å². The maximum absolute atomic E-state index is 12.8. The molecule has 0 aliphatic heterocycles. The molecule has 3 aromatic rings. The monoisotopic (exact) mass is 338 g/mol. The van der Waals surface area contributed by atoms with E-state index in [4.69, 9.17) is 5.10 Å². The Morgan fingerprint density at radius 3 is 2.21 bits per heavy atom. The van der Waals surface area contributed by atoms with Gasteiger partial charge >= 0.3 is 0 Å². The molecule has 4 heteroatoms. The third-order valence-electron chi connectivity index (χ3n) is 4.05. The Bertz CT molecular complexity index is 921. The summed E-state index contributed by atoms with van der Waals surface area (Å²) in [7, 11) is 0. The van der Waals surface area contributed by atoms with Gasteiger partial charge in [0.1, 0.15) is 0 Å². The second kappa shape index (κ2) is 6.44. The third kappa shape index (κ3) is 3.24. The highest BCUT2D eigenvalue weighted by Gasteiger charge is 2.19. The van der Waals surface area contributed by atoms with Crippen LogP contribution in [0.4, 0.5) is 0 Å². The summed E-state index contributed by atoms with van der Waals surface area (Å²) in [5.41, 5.74) is 1.76. The molecule has 3 nitrogen and oxygen atoms in total. The molecule has 3 rings (SSSR count). The van der Waals surface area contributed by atoms with E-state index in [-0.39, 0.29) is 11.1 Å². The normalized spacial score (nSPS) is 11.8. The van der Waals surface area contributed by atoms with E-state index >= 15 is 0 Å². The first-order valence-electron chi connectivity index (χ1n) is 8.04. The molecule has 0 radical (unpaired) electrons. The molecule has 0 unspecified atom stereocenters. The zero-order valence-electron chi connectivity index (χ0n) is 14.5. The maximum atomic E-state index is 12.8. The maximum Gasteiger partial charge on any atom is 0.275 e. The van der Waals surface area contributed by atoms with Crippen LogP contribution in [0.15, 0.2) is 58.2 Å². The van der Waals surface area contributed by atoms with Gasteiger partial charge in [-0.3, -0.25) is 4.79 Å². The molecular formula is C20H22N2OS. The van der Waals surface area contributed by atoms with Gasteiger partial charge in [0, 0.05) is 16.7 Å². The Balaban J connectivity index is 2.15. The van der Waals surface area contributed by atoms with E-state index in [0.717, 1.165) is 16.5 Å². The van der Waals surface area contributed by atoms with Gasteiger partial charge in [0.2, 0.25) is 0 Å². The zero-order valence-corrected chi connectivity index (χ0v) is 15.4. The molecule has 124 valence electrons. The van der Waals surface area contributed by atoms with Crippen LogP contribution in [-0.2, 0) is 12.0 Å². The minimum Gasteiger partial charge on any atom is -0.267 e. The highest BCUT2D eigenvalue weighted by molar-refractivity contribution is 7.98. The molecular weight excluding hydrogens is 316 g/mol. The molecule has 0 aliphatic carbocycles. The van der Waals surface area contributed by atoms with Crippen LogP contribution in [0.5, 0.6) is 0 Å². The summed E-state index contributed by atoms with van der Waals surface area (Å²) in [5.74, 6) is 0. The lowest BCUT2D eigenvalue weighted by molar-refractivity contribution is 0.337. The van der Waals surface area contributed by atoms with Crippen molar-refractivity contribution >= 4 is 22.5 Å². The van der Waals surface area contributed by atoms with Gasteiger partial charge in [-0.1, -0.05) is 30.3 Å². The van der Waals surface area contributed by atoms with Crippen LogP contribution in [0.25, 0.3) is 10.8 Å². The number of nitrogens with zero attached hydrogens (tertiary/aromatic N) is 2. The number of hydrogen-bond acceptors (Lipinski definition) is 3. The van der Waals surface area contributed by atoms with E-state index in [1.807, 2.05) is 45.0 Å². The van der Waals surface area contributed by atoms with E-state index in [0.29, 0.717) is 6.42 Å². The van der Waals surface area contributed by atoms with Crippen molar-refractivity contribution in [1.29, 1.82) is 0 Å². The second-order valence-electron chi connectivity index (χ2n) is 6.90. The van der Waals surface area contributed by atoms with Gasteiger partial charge in [-0.15, -0.1) is 11.8 Å². The molecule has 2 aromatic carbocycles. The fourth-order valence-electron chi connectivity index (χ4n) is 2.78. The highest BCUT2D eigenvalue weighted by Crippen LogP contribution is 2.21. The zero-order chi connectivity index (χ0) is 17.3. The summed E-state index contributed by atoms with van der Waals surface area (Å²) in [6.07, 6.45) is 2.79. The average Bonchev–Trinajstić information content (AvgIpc) is 2.57. The Morgan fingerprint density at radius 2 is 1.62 bits per heavy atom. The van der Waals surface area contributed by atoms with Gasteiger partial charge in [0.25, 0.3) is 5.56 Å². The Labute approximate surface area is 146 Å². The van der Waals surface area contributed by atoms with Crippen molar-refractivity contribution in [3.05, 3.63) is 70.1 Å². The molecule has 0 atom stereocenters. The summed E-state index contributed by atoms with van der Waals surface area (Å²) in [5, 5.41) is 6.38. The minimum atomic E-state index is -0.349. The standard InChI is InChI=1S/C20H22N2OS/c1-20(2,3)22-19(23)17-8-6-5-7-16(17)18(21-22)13-14-9-11-15(24-4)12-10-14/h5-12H,13H2,1-4H3. The molecule has 0 aliphatic rings. The van der Waals surface area contributed by atoms with Gasteiger partial charge in [-0.05, 0) is 50.8 Å². The van der Waals surface area contributed by atoms with Crippen molar-refractivity contribution in [1.82, 2.24) is 9.78 Å². The van der Waals surface area contributed by atoms with Gasteiger partial charge in [0.05, 0.1) is 16.6 Å². The lowest BCUT2D eigenvalue weighted by Crippen LogP contribution is -2.36. The third-order valence-corrected chi connectivity index (χ3v) is 4.79. The molecule has 0 N–H and O–H groups in total. The van der Waals surface area contributed by atoms with Crippen LogP contribution in [0, 0.1) is 0 Å². The average molecular weight is 338 g/mol. The number of fused-ring (bicyclic) bond motifs is 1. The summed E-state index contributed by atoms with van der Waals surface area (Å²) >= 11 is 1.73. The van der Waals surface area contributed by atoms with Crippen molar-refractivity contribution in [3.63, 3.8) is 0 Å². The van der Waals surface area contributed by atoms with Crippen LogP contribution in [0.3, 0.4) is 0 Å². The lowest BCUT2D eigenvalue weighted by Gasteiger charge is -2.22. The number of aromatic nitrogens is 2. The molecule has 0 spiro atoms. The SMILES string of the molecule is CSc1ccc(Cc2nn(C(C)(C)C)c(=O)c3ccccc23)cc1. The van der Waals surface area contributed by atoms with Crippen LogP contribution in [0.2, 0.25) is 0 Å². The fourth-order valence-corrected chi connectivity index (χ4v) is 3.19. The summed E-state index contributed by atoms with van der Waals surface area (Å²) < 4.78 is 1.61. The summed E-state index contributed by atoms with van der Waals surface area (Å²) in [6, 6.07) is 16.3.